The van der Waals surface area contributed by atoms with E-state index < -0.39 is 0 Å². The molecule has 2 rings (SSSR count). The van der Waals surface area contributed by atoms with Gasteiger partial charge >= 0.3 is 0 Å². The summed E-state index contributed by atoms with van der Waals surface area (Å²) in [7, 11) is 1.54. The Morgan fingerprint density at radius 1 is 1.15 bits per heavy atom. The van der Waals surface area contributed by atoms with Gasteiger partial charge in [0, 0.05) is 20.1 Å². The zero-order valence-electron chi connectivity index (χ0n) is 10.4. The standard InChI is InChI=1S/C14H10BrCl2NO2/c1-20-13-3-2-9(15)6-12(13)18-14(19)8-4-10(16)7-11(17)5-8/h2-7H,1H3,(H,18,19). The van der Waals surface area contributed by atoms with Crippen LogP contribution in [0.15, 0.2) is 40.9 Å². The Morgan fingerprint density at radius 3 is 2.40 bits per heavy atom. The number of hydrogen-bond donors (Lipinski definition) is 1. The largest absolute Gasteiger partial charge is 0.495 e. The van der Waals surface area contributed by atoms with Crippen LogP contribution < -0.4 is 10.1 Å². The van der Waals surface area contributed by atoms with Crippen molar-refractivity contribution in [2.24, 2.45) is 0 Å². The molecular weight excluding hydrogens is 365 g/mol. The van der Waals surface area contributed by atoms with Crippen LogP contribution in [0.25, 0.3) is 0 Å². The highest BCUT2D eigenvalue weighted by molar-refractivity contribution is 9.10. The lowest BCUT2D eigenvalue weighted by atomic mass is 10.2. The first-order valence-electron chi connectivity index (χ1n) is 5.60. The molecule has 6 heteroatoms. The molecule has 0 aliphatic rings. The molecule has 0 atom stereocenters. The number of rotatable bonds is 3. The second-order valence-electron chi connectivity index (χ2n) is 3.96. The summed E-state index contributed by atoms with van der Waals surface area (Å²) < 4.78 is 6.03. The number of anilines is 1. The highest BCUT2D eigenvalue weighted by Crippen LogP contribution is 2.29. The Labute approximate surface area is 135 Å². The first-order chi connectivity index (χ1) is 9.49. The summed E-state index contributed by atoms with van der Waals surface area (Å²) in [6.07, 6.45) is 0. The third-order valence-corrected chi connectivity index (χ3v) is 3.46. The third-order valence-electron chi connectivity index (χ3n) is 2.53. The van der Waals surface area contributed by atoms with Crippen molar-refractivity contribution in [1.29, 1.82) is 0 Å². The van der Waals surface area contributed by atoms with Crippen molar-refractivity contribution < 1.29 is 9.53 Å². The number of hydrogen-bond acceptors (Lipinski definition) is 2. The van der Waals surface area contributed by atoms with E-state index in [0.717, 1.165) is 4.47 Å². The van der Waals surface area contributed by atoms with Gasteiger partial charge in [-0.15, -0.1) is 0 Å². The second-order valence-corrected chi connectivity index (χ2v) is 5.75. The van der Waals surface area contributed by atoms with E-state index in [1.807, 2.05) is 6.07 Å². The normalized spacial score (nSPS) is 10.2. The minimum atomic E-state index is -0.314. The summed E-state index contributed by atoms with van der Waals surface area (Å²) in [6, 6.07) is 10.00. The number of carbonyl (C=O) groups is 1. The molecule has 3 nitrogen and oxygen atoms in total. The summed E-state index contributed by atoms with van der Waals surface area (Å²) in [5, 5.41) is 3.57. The van der Waals surface area contributed by atoms with Gasteiger partial charge in [-0.3, -0.25) is 4.79 Å². The van der Waals surface area contributed by atoms with Crippen LogP contribution in [0.4, 0.5) is 5.69 Å². The van der Waals surface area contributed by atoms with Crippen LogP contribution in [-0.2, 0) is 0 Å². The molecule has 20 heavy (non-hydrogen) atoms. The number of nitrogens with one attached hydrogen (secondary N) is 1. The van der Waals surface area contributed by atoms with Gasteiger partial charge in [0.25, 0.3) is 5.91 Å². The molecule has 2 aromatic rings. The Kier molecular flexibility index (Phi) is 4.91. The molecule has 1 amide bonds. The maximum Gasteiger partial charge on any atom is 0.255 e. The summed E-state index contributed by atoms with van der Waals surface area (Å²) in [6.45, 7) is 0. The Bertz CT molecular complexity index is 641. The van der Waals surface area contributed by atoms with Crippen LogP contribution in [0.5, 0.6) is 5.75 Å². The molecule has 0 unspecified atom stereocenters. The molecule has 1 N–H and O–H groups in total. The zero-order chi connectivity index (χ0) is 14.7. The first kappa shape index (κ1) is 15.2. The summed E-state index contributed by atoms with van der Waals surface area (Å²) in [5.41, 5.74) is 0.938. The zero-order valence-corrected chi connectivity index (χ0v) is 13.5. The van der Waals surface area contributed by atoms with Gasteiger partial charge in [0.1, 0.15) is 5.75 Å². The predicted octanol–water partition coefficient (Wildman–Crippen LogP) is 5.02. The molecule has 2 aromatic carbocycles. The van der Waals surface area contributed by atoms with E-state index in [1.165, 1.54) is 7.11 Å². The van der Waals surface area contributed by atoms with E-state index in [2.05, 4.69) is 21.2 Å². The Morgan fingerprint density at radius 2 is 1.80 bits per heavy atom. The van der Waals surface area contributed by atoms with Crippen LogP contribution in [0, 0.1) is 0 Å². The van der Waals surface area contributed by atoms with Gasteiger partial charge in [-0.05, 0) is 36.4 Å². The third kappa shape index (κ3) is 3.66. The number of methoxy groups -OCH3 is 1. The average Bonchev–Trinajstić information content (AvgIpc) is 2.37. The number of amides is 1. The van der Waals surface area contributed by atoms with Gasteiger partial charge in [-0.2, -0.15) is 0 Å². The number of carbonyl (C=O) groups excluding carboxylic acids is 1. The van der Waals surface area contributed by atoms with Gasteiger partial charge in [0.15, 0.2) is 0 Å². The Balaban J connectivity index is 2.29. The Hall–Kier alpha value is -1.23. The lowest BCUT2D eigenvalue weighted by molar-refractivity contribution is 0.102. The summed E-state index contributed by atoms with van der Waals surface area (Å²) in [4.78, 5) is 12.2. The van der Waals surface area contributed by atoms with Crippen LogP contribution in [0.2, 0.25) is 10.0 Å². The van der Waals surface area contributed by atoms with Gasteiger partial charge in [-0.25, -0.2) is 0 Å². The van der Waals surface area contributed by atoms with Crippen LogP contribution in [0.3, 0.4) is 0 Å². The van der Waals surface area contributed by atoms with Crippen LogP contribution in [0.1, 0.15) is 10.4 Å². The van der Waals surface area contributed by atoms with Crippen molar-refractivity contribution in [3.8, 4) is 5.75 Å². The van der Waals surface area contributed by atoms with E-state index in [4.69, 9.17) is 27.9 Å². The van der Waals surface area contributed by atoms with Crippen molar-refractivity contribution in [3.63, 3.8) is 0 Å². The maximum absolute atomic E-state index is 12.2. The van der Waals surface area contributed by atoms with Crippen LogP contribution >= 0.6 is 39.1 Å². The minimum Gasteiger partial charge on any atom is -0.495 e. The molecule has 0 saturated heterocycles. The van der Waals surface area contributed by atoms with E-state index in [9.17, 15) is 4.79 Å². The minimum absolute atomic E-state index is 0.314. The maximum atomic E-state index is 12.2. The molecule has 0 radical (unpaired) electrons. The molecule has 0 bridgehead atoms. The molecule has 0 heterocycles. The van der Waals surface area contributed by atoms with Crippen molar-refractivity contribution in [2.75, 3.05) is 12.4 Å². The lowest BCUT2D eigenvalue weighted by Gasteiger charge is -2.11. The quantitative estimate of drug-likeness (QED) is 0.819. The fourth-order valence-electron chi connectivity index (χ4n) is 1.66. The monoisotopic (exact) mass is 373 g/mol. The van der Waals surface area contributed by atoms with Crippen molar-refractivity contribution >= 4 is 50.7 Å². The lowest BCUT2D eigenvalue weighted by Crippen LogP contribution is -2.12. The van der Waals surface area contributed by atoms with Gasteiger partial charge in [-0.1, -0.05) is 39.1 Å². The fourth-order valence-corrected chi connectivity index (χ4v) is 2.54. The van der Waals surface area contributed by atoms with Crippen molar-refractivity contribution in [2.45, 2.75) is 0 Å². The van der Waals surface area contributed by atoms with Crippen molar-refractivity contribution in [1.82, 2.24) is 0 Å². The van der Waals surface area contributed by atoms with E-state index >= 15 is 0 Å². The highest BCUT2D eigenvalue weighted by Gasteiger charge is 2.11. The molecular formula is C14H10BrCl2NO2. The smallest absolute Gasteiger partial charge is 0.255 e. The van der Waals surface area contributed by atoms with E-state index in [0.29, 0.717) is 27.0 Å². The molecule has 0 saturated carbocycles. The highest BCUT2D eigenvalue weighted by atomic mass is 79.9. The molecule has 0 aliphatic heterocycles. The number of ether oxygens (including phenoxy) is 1. The SMILES string of the molecule is COc1ccc(Br)cc1NC(=O)c1cc(Cl)cc(Cl)c1. The van der Waals surface area contributed by atoms with Crippen molar-refractivity contribution in [3.05, 3.63) is 56.5 Å². The van der Waals surface area contributed by atoms with Gasteiger partial charge in [0.05, 0.1) is 12.8 Å². The molecule has 0 spiro atoms. The predicted molar refractivity (Wildman–Crippen MR) is 85.1 cm³/mol. The summed E-state index contributed by atoms with van der Waals surface area (Å²) in [5.74, 6) is 0.250. The second kappa shape index (κ2) is 6.48. The first-order valence-corrected chi connectivity index (χ1v) is 7.15. The molecule has 0 aromatic heterocycles. The molecule has 0 aliphatic carbocycles. The summed E-state index contributed by atoms with van der Waals surface area (Å²) >= 11 is 15.1. The molecule has 104 valence electrons. The fraction of sp³-hybridized carbons (Fsp3) is 0.0714. The van der Waals surface area contributed by atoms with Gasteiger partial charge in [0.2, 0.25) is 0 Å². The van der Waals surface area contributed by atoms with Gasteiger partial charge < -0.3 is 10.1 Å². The van der Waals surface area contributed by atoms with E-state index in [1.54, 1.807) is 30.3 Å². The van der Waals surface area contributed by atoms with E-state index in [-0.39, 0.29) is 5.91 Å². The van der Waals surface area contributed by atoms with Crippen LogP contribution in [-0.4, -0.2) is 13.0 Å². The topological polar surface area (TPSA) is 38.3 Å². The number of halogens is 3. The average molecular weight is 375 g/mol. The molecule has 0 fully saturated rings. The number of benzene rings is 2.